The average Bonchev–Trinajstić information content (AvgIpc) is 3.16. The maximum absolute atomic E-state index is 10.5. The van der Waals surface area contributed by atoms with Crippen LogP contribution in [0.25, 0.3) is 0 Å². The topological polar surface area (TPSA) is 73.0 Å². The highest BCUT2D eigenvalue weighted by molar-refractivity contribution is 14.0. The molecule has 27 heavy (non-hydrogen) atoms. The van der Waals surface area contributed by atoms with Gasteiger partial charge in [0.05, 0.1) is 12.8 Å². The molecule has 3 N–H and O–H groups in total. The van der Waals surface area contributed by atoms with Gasteiger partial charge < -0.3 is 25.1 Å². The van der Waals surface area contributed by atoms with Gasteiger partial charge in [-0.2, -0.15) is 0 Å². The quantitative estimate of drug-likeness (QED) is 0.214. The van der Waals surface area contributed by atoms with Gasteiger partial charge in [0.2, 0.25) is 0 Å². The lowest BCUT2D eigenvalue weighted by atomic mass is 10.0. The van der Waals surface area contributed by atoms with Crippen LogP contribution in [0.4, 0.5) is 0 Å². The zero-order chi connectivity index (χ0) is 18.8. The SMILES string of the molecule is CCNC(=NCC(C)(O)c1ccco1)NCCCCN1CCCCC1C.I. The third-order valence-corrected chi connectivity index (χ3v) is 5.05. The normalized spacial score (nSPS) is 20.6. The Labute approximate surface area is 181 Å². The first-order chi connectivity index (χ1) is 12.5. The van der Waals surface area contributed by atoms with E-state index in [1.807, 2.05) is 6.92 Å². The number of piperidine rings is 1. The number of halogens is 1. The maximum atomic E-state index is 10.5. The summed E-state index contributed by atoms with van der Waals surface area (Å²) in [4.78, 5) is 7.13. The predicted octanol–water partition coefficient (Wildman–Crippen LogP) is 3.31. The summed E-state index contributed by atoms with van der Waals surface area (Å²) >= 11 is 0. The lowest BCUT2D eigenvalue weighted by Crippen LogP contribution is -2.40. The van der Waals surface area contributed by atoms with Crippen LogP contribution >= 0.6 is 24.0 Å². The Kier molecular flexibility index (Phi) is 11.3. The summed E-state index contributed by atoms with van der Waals surface area (Å²) < 4.78 is 5.31. The molecule has 0 aliphatic carbocycles. The number of hydrogen-bond acceptors (Lipinski definition) is 4. The van der Waals surface area contributed by atoms with Crippen LogP contribution in [-0.4, -0.2) is 54.7 Å². The lowest BCUT2D eigenvalue weighted by Gasteiger charge is -2.33. The minimum Gasteiger partial charge on any atom is -0.466 e. The largest absolute Gasteiger partial charge is 0.466 e. The minimum atomic E-state index is -1.10. The monoisotopic (exact) mass is 492 g/mol. The number of furan rings is 1. The third kappa shape index (κ3) is 8.39. The number of likely N-dealkylation sites (tertiary alicyclic amines) is 1. The van der Waals surface area contributed by atoms with Gasteiger partial charge >= 0.3 is 0 Å². The van der Waals surface area contributed by atoms with Gasteiger partial charge in [-0.05, 0) is 71.7 Å². The number of aliphatic imine (C=N–C) groups is 1. The highest BCUT2D eigenvalue weighted by Gasteiger charge is 2.26. The van der Waals surface area contributed by atoms with Gasteiger partial charge in [-0.3, -0.25) is 0 Å². The van der Waals surface area contributed by atoms with Crippen molar-refractivity contribution in [2.75, 3.05) is 32.7 Å². The van der Waals surface area contributed by atoms with E-state index in [0.717, 1.165) is 31.5 Å². The Bertz CT molecular complexity index is 534. The van der Waals surface area contributed by atoms with Gasteiger partial charge in [0.15, 0.2) is 5.96 Å². The van der Waals surface area contributed by atoms with Crippen LogP contribution in [0.1, 0.15) is 58.6 Å². The molecule has 0 amide bonds. The van der Waals surface area contributed by atoms with Gasteiger partial charge in [0.1, 0.15) is 11.4 Å². The van der Waals surface area contributed by atoms with Gasteiger partial charge in [-0.15, -0.1) is 24.0 Å². The number of aliphatic hydroxyl groups is 1. The van der Waals surface area contributed by atoms with Crippen molar-refractivity contribution in [3.63, 3.8) is 0 Å². The Morgan fingerprint density at radius 1 is 1.37 bits per heavy atom. The second-order valence-electron chi connectivity index (χ2n) is 7.46. The molecular weight excluding hydrogens is 455 g/mol. The number of rotatable bonds is 9. The molecule has 7 heteroatoms. The Morgan fingerprint density at radius 3 is 2.85 bits per heavy atom. The molecule has 0 radical (unpaired) electrons. The fourth-order valence-electron chi connectivity index (χ4n) is 3.37. The molecule has 1 aliphatic heterocycles. The molecule has 1 saturated heterocycles. The molecule has 6 nitrogen and oxygen atoms in total. The molecule has 156 valence electrons. The fourth-order valence-corrected chi connectivity index (χ4v) is 3.37. The van der Waals surface area contributed by atoms with E-state index in [0.29, 0.717) is 5.76 Å². The van der Waals surface area contributed by atoms with Crippen LogP contribution in [0.5, 0.6) is 0 Å². The standard InChI is InChI=1S/C20H36N4O2.HI/c1-4-21-19(23-16-20(3,25)18-11-9-15-26-18)22-12-6-8-14-24-13-7-5-10-17(24)2;/h9,11,15,17,25H,4-8,10,12-14,16H2,1-3H3,(H2,21,22,23);1H. The molecular formula is C20H37IN4O2. The third-order valence-electron chi connectivity index (χ3n) is 5.05. The van der Waals surface area contributed by atoms with E-state index in [1.54, 1.807) is 25.3 Å². The number of unbranched alkanes of at least 4 members (excludes halogenated alkanes) is 1. The maximum Gasteiger partial charge on any atom is 0.191 e. The summed E-state index contributed by atoms with van der Waals surface area (Å²) in [6.45, 7) is 10.5. The molecule has 0 aromatic carbocycles. The lowest BCUT2D eigenvalue weighted by molar-refractivity contribution is 0.0437. The number of nitrogens with one attached hydrogen (secondary N) is 2. The average molecular weight is 492 g/mol. The van der Waals surface area contributed by atoms with E-state index in [1.165, 1.54) is 38.8 Å². The Balaban J connectivity index is 0.00000364. The number of guanidine groups is 1. The highest BCUT2D eigenvalue weighted by Crippen LogP contribution is 2.21. The summed E-state index contributed by atoms with van der Waals surface area (Å²) in [6.07, 6.45) is 7.94. The smallest absolute Gasteiger partial charge is 0.191 e. The predicted molar refractivity (Wildman–Crippen MR) is 122 cm³/mol. The van der Waals surface area contributed by atoms with Gasteiger partial charge in [0.25, 0.3) is 0 Å². The second kappa shape index (κ2) is 12.6. The molecule has 1 aromatic heterocycles. The first-order valence-corrected chi connectivity index (χ1v) is 10.1. The Hall–Kier alpha value is -0.800. The van der Waals surface area contributed by atoms with Crippen molar-refractivity contribution in [2.24, 2.45) is 4.99 Å². The fraction of sp³-hybridized carbons (Fsp3) is 0.750. The summed E-state index contributed by atoms with van der Waals surface area (Å²) in [5.74, 6) is 1.28. The molecule has 2 atom stereocenters. The summed E-state index contributed by atoms with van der Waals surface area (Å²) in [5, 5.41) is 17.1. The molecule has 2 unspecified atom stereocenters. The van der Waals surface area contributed by atoms with Gasteiger partial charge in [0, 0.05) is 19.1 Å². The number of nitrogens with zero attached hydrogens (tertiary/aromatic N) is 2. The van der Waals surface area contributed by atoms with Crippen molar-refractivity contribution in [2.45, 2.75) is 64.5 Å². The van der Waals surface area contributed by atoms with E-state index >= 15 is 0 Å². The first kappa shape index (κ1) is 24.2. The zero-order valence-electron chi connectivity index (χ0n) is 17.0. The van der Waals surface area contributed by atoms with Crippen LogP contribution in [0, 0.1) is 0 Å². The minimum absolute atomic E-state index is 0. The van der Waals surface area contributed by atoms with Crippen molar-refractivity contribution in [3.8, 4) is 0 Å². The summed E-state index contributed by atoms with van der Waals surface area (Å²) in [5.41, 5.74) is -1.10. The van der Waals surface area contributed by atoms with Crippen LogP contribution in [0.15, 0.2) is 27.8 Å². The number of hydrogen-bond donors (Lipinski definition) is 3. The molecule has 1 aromatic rings. The van der Waals surface area contributed by atoms with Crippen molar-refractivity contribution < 1.29 is 9.52 Å². The van der Waals surface area contributed by atoms with Crippen LogP contribution in [0.2, 0.25) is 0 Å². The van der Waals surface area contributed by atoms with Crippen molar-refractivity contribution in [1.82, 2.24) is 15.5 Å². The van der Waals surface area contributed by atoms with Crippen LogP contribution in [-0.2, 0) is 5.60 Å². The van der Waals surface area contributed by atoms with Gasteiger partial charge in [-0.1, -0.05) is 6.42 Å². The molecule has 1 fully saturated rings. The van der Waals surface area contributed by atoms with Crippen molar-refractivity contribution in [1.29, 1.82) is 0 Å². The van der Waals surface area contributed by atoms with Crippen molar-refractivity contribution in [3.05, 3.63) is 24.2 Å². The second-order valence-corrected chi connectivity index (χ2v) is 7.46. The van der Waals surface area contributed by atoms with E-state index in [4.69, 9.17) is 4.42 Å². The van der Waals surface area contributed by atoms with E-state index in [9.17, 15) is 5.11 Å². The van der Waals surface area contributed by atoms with Crippen molar-refractivity contribution >= 4 is 29.9 Å². The van der Waals surface area contributed by atoms with Crippen LogP contribution < -0.4 is 10.6 Å². The van der Waals surface area contributed by atoms with E-state index in [-0.39, 0.29) is 30.5 Å². The summed E-state index contributed by atoms with van der Waals surface area (Å²) in [6, 6.07) is 4.29. The molecule has 0 saturated carbocycles. The Morgan fingerprint density at radius 2 is 2.19 bits per heavy atom. The molecule has 1 aliphatic rings. The first-order valence-electron chi connectivity index (χ1n) is 10.1. The van der Waals surface area contributed by atoms with Crippen LogP contribution in [0.3, 0.4) is 0 Å². The van der Waals surface area contributed by atoms with E-state index in [2.05, 4.69) is 27.4 Å². The van der Waals surface area contributed by atoms with Gasteiger partial charge in [-0.25, -0.2) is 4.99 Å². The molecule has 2 heterocycles. The molecule has 0 spiro atoms. The highest BCUT2D eigenvalue weighted by atomic mass is 127. The zero-order valence-corrected chi connectivity index (χ0v) is 19.4. The van der Waals surface area contributed by atoms with E-state index < -0.39 is 5.60 Å². The molecule has 0 bridgehead atoms. The summed E-state index contributed by atoms with van der Waals surface area (Å²) in [7, 11) is 0. The molecule has 2 rings (SSSR count).